The molecule has 1 aromatic carbocycles. The van der Waals surface area contributed by atoms with Gasteiger partial charge in [-0.1, -0.05) is 13.0 Å². The van der Waals surface area contributed by atoms with Gasteiger partial charge in [-0.2, -0.15) is 0 Å². The fraction of sp³-hybridized carbons (Fsp3) is 0.409. The minimum Gasteiger partial charge on any atom is -0.338 e. The quantitative estimate of drug-likeness (QED) is 0.702. The largest absolute Gasteiger partial charge is 0.338 e. The summed E-state index contributed by atoms with van der Waals surface area (Å²) in [5.41, 5.74) is 5.05. The molecule has 5 heteroatoms. The van der Waals surface area contributed by atoms with Crippen LogP contribution in [-0.4, -0.2) is 38.4 Å². The maximum Gasteiger partial charge on any atom is 0.253 e. The number of fused-ring (bicyclic) bond motifs is 1. The molecule has 1 amide bonds. The summed E-state index contributed by atoms with van der Waals surface area (Å²) in [7, 11) is 0. The Morgan fingerprint density at radius 1 is 1.22 bits per heavy atom. The molecule has 1 aliphatic rings. The van der Waals surface area contributed by atoms with Crippen LogP contribution < -0.4 is 0 Å². The maximum atomic E-state index is 13.0. The fourth-order valence-corrected chi connectivity index (χ4v) is 3.94. The maximum absolute atomic E-state index is 13.0. The van der Waals surface area contributed by atoms with Crippen LogP contribution in [0.4, 0.5) is 0 Å². The number of hydrogen-bond donors (Lipinski definition) is 0. The molecule has 5 nitrogen and oxygen atoms in total. The molecule has 3 aromatic rings. The first kappa shape index (κ1) is 17.7. The second-order valence-electron chi connectivity index (χ2n) is 7.50. The molecule has 0 unspecified atom stereocenters. The molecule has 4 rings (SSSR count). The number of imidazole rings is 1. The number of aromatic nitrogens is 3. The fourth-order valence-electron chi connectivity index (χ4n) is 3.94. The highest BCUT2D eigenvalue weighted by Gasteiger charge is 2.31. The topological polar surface area (TPSA) is 51.0 Å². The van der Waals surface area contributed by atoms with E-state index >= 15 is 0 Å². The molecule has 0 aliphatic carbocycles. The second-order valence-corrected chi connectivity index (χ2v) is 7.50. The highest BCUT2D eigenvalue weighted by Crippen LogP contribution is 2.30. The summed E-state index contributed by atoms with van der Waals surface area (Å²) in [5, 5.41) is 0. The number of rotatable bonds is 4. The second kappa shape index (κ2) is 7.14. The molecule has 2 aromatic heterocycles. The van der Waals surface area contributed by atoms with Gasteiger partial charge in [0.15, 0.2) is 5.65 Å². The van der Waals surface area contributed by atoms with Gasteiger partial charge in [0.1, 0.15) is 11.3 Å². The lowest BCUT2D eigenvalue weighted by Gasteiger charge is -2.18. The number of hydrogen-bond acceptors (Lipinski definition) is 3. The zero-order valence-corrected chi connectivity index (χ0v) is 16.3. The van der Waals surface area contributed by atoms with Crippen LogP contribution in [-0.2, 0) is 6.54 Å². The number of pyridine rings is 1. The molecule has 0 N–H and O–H groups in total. The molecule has 140 valence electrons. The zero-order valence-electron chi connectivity index (χ0n) is 16.3. The first-order valence-electron chi connectivity index (χ1n) is 9.76. The molecule has 0 spiro atoms. The van der Waals surface area contributed by atoms with Crippen LogP contribution in [0.25, 0.3) is 11.2 Å². The minimum atomic E-state index is 0.122. The Hall–Kier alpha value is -2.69. The lowest BCUT2D eigenvalue weighted by molar-refractivity contribution is 0.0790. The lowest BCUT2D eigenvalue weighted by atomic mass is 10.1. The van der Waals surface area contributed by atoms with Crippen molar-refractivity contribution in [3.63, 3.8) is 0 Å². The predicted octanol–water partition coefficient (Wildman–Crippen LogP) is 4.09. The summed E-state index contributed by atoms with van der Waals surface area (Å²) in [4.78, 5) is 24.3. The number of nitrogens with zero attached hydrogens (tertiary/aromatic N) is 4. The summed E-state index contributed by atoms with van der Waals surface area (Å²) < 4.78 is 2.24. The summed E-state index contributed by atoms with van der Waals surface area (Å²) in [6.07, 6.45) is 3.81. The number of carbonyl (C=O) groups excluding carboxylic acids is 1. The van der Waals surface area contributed by atoms with Crippen LogP contribution in [0.3, 0.4) is 0 Å². The van der Waals surface area contributed by atoms with E-state index in [0.717, 1.165) is 60.6 Å². The Morgan fingerprint density at radius 2 is 2.07 bits per heavy atom. The van der Waals surface area contributed by atoms with E-state index in [-0.39, 0.29) is 11.8 Å². The van der Waals surface area contributed by atoms with Crippen molar-refractivity contribution in [1.82, 2.24) is 19.4 Å². The third kappa shape index (κ3) is 3.22. The summed E-state index contributed by atoms with van der Waals surface area (Å²) in [6, 6.07) is 9.92. The number of likely N-dealkylation sites (tertiary alicyclic amines) is 1. The first-order chi connectivity index (χ1) is 13.1. The molecular formula is C22H26N4O. The Kier molecular flexibility index (Phi) is 4.68. The van der Waals surface area contributed by atoms with Crippen molar-refractivity contribution in [2.75, 3.05) is 13.1 Å². The van der Waals surface area contributed by atoms with E-state index < -0.39 is 0 Å². The van der Waals surface area contributed by atoms with Gasteiger partial charge in [-0.3, -0.25) is 4.79 Å². The van der Waals surface area contributed by atoms with E-state index in [4.69, 9.17) is 4.98 Å². The molecule has 0 saturated carbocycles. The first-order valence-corrected chi connectivity index (χ1v) is 9.76. The van der Waals surface area contributed by atoms with Crippen LogP contribution in [0.2, 0.25) is 0 Å². The van der Waals surface area contributed by atoms with Gasteiger partial charge in [0.05, 0.1) is 0 Å². The van der Waals surface area contributed by atoms with Gasteiger partial charge >= 0.3 is 0 Å². The summed E-state index contributed by atoms with van der Waals surface area (Å²) >= 11 is 0. The smallest absolute Gasteiger partial charge is 0.253 e. The Bertz CT molecular complexity index is 991. The molecule has 0 radical (unpaired) electrons. The zero-order chi connectivity index (χ0) is 19.0. The molecule has 1 atom stereocenters. The SMILES string of the molecule is CCCn1c([C@H]2CCN(C(=O)c3ccc(C)c(C)c3)C2)nc2cccnc21. The molecule has 0 bridgehead atoms. The highest BCUT2D eigenvalue weighted by atomic mass is 16.2. The van der Waals surface area contributed by atoms with E-state index in [1.165, 1.54) is 5.56 Å². The minimum absolute atomic E-state index is 0.122. The molecule has 1 fully saturated rings. The highest BCUT2D eigenvalue weighted by molar-refractivity contribution is 5.94. The van der Waals surface area contributed by atoms with E-state index in [9.17, 15) is 4.79 Å². The predicted molar refractivity (Wildman–Crippen MR) is 107 cm³/mol. The van der Waals surface area contributed by atoms with E-state index in [1.807, 2.05) is 41.4 Å². The average Bonchev–Trinajstić information content (AvgIpc) is 3.29. The van der Waals surface area contributed by atoms with E-state index in [1.54, 1.807) is 0 Å². The van der Waals surface area contributed by atoms with Gasteiger partial charge in [-0.25, -0.2) is 9.97 Å². The van der Waals surface area contributed by atoms with Gasteiger partial charge in [-0.05, 0) is 62.1 Å². The van der Waals surface area contributed by atoms with Crippen LogP contribution in [0, 0.1) is 13.8 Å². The third-order valence-corrected chi connectivity index (χ3v) is 5.57. The van der Waals surface area contributed by atoms with E-state index in [0.29, 0.717) is 0 Å². The third-order valence-electron chi connectivity index (χ3n) is 5.57. The van der Waals surface area contributed by atoms with E-state index in [2.05, 4.69) is 30.3 Å². The monoisotopic (exact) mass is 362 g/mol. The Balaban J connectivity index is 1.59. The van der Waals surface area contributed by atoms with Crippen molar-refractivity contribution in [3.05, 3.63) is 59.0 Å². The van der Waals surface area contributed by atoms with Crippen molar-refractivity contribution in [2.45, 2.75) is 46.1 Å². The average molecular weight is 362 g/mol. The number of amides is 1. The normalized spacial score (nSPS) is 17.0. The van der Waals surface area contributed by atoms with Gasteiger partial charge < -0.3 is 9.47 Å². The van der Waals surface area contributed by atoms with Gasteiger partial charge in [0.25, 0.3) is 5.91 Å². The molecule has 27 heavy (non-hydrogen) atoms. The molecule has 1 saturated heterocycles. The van der Waals surface area contributed by atoms with Crippen molar-refractivity contribution < 1.29 is 4.79 Å². The van der Waals surface area contributed by atoms with Crippen LogP contribution in [0.15, 0.2) is 36.5 Å². The van der Waals surface area contributed by atoms with Gasteiger partial charge in [0.2, 0.25) is 0 Å². The van der Waals surface area contributed by atoms with Crippen LogP contribution >= 0.6 is 0 Å². The Morgan fingerprint density at radius 3 is 2.85 bits per heavy atom. The number of carbonyl (C=O) groups is 1. The van der Waals surface area contributed by atoms with Crippen molar-refractivity contribution >= 4 is 17.1 Å². The van der Waals surface area contributed by atoms with Gasteiger partial charge in [0, 0.05) is 37.3 Å². The molecule has 1 aliphatic heterocycles. The summed E-state index contributed by atoms with van der Waals surface area (Å²) in [5.74, 6) is 1.46. The van der Waals surface area contributed by atoms with Crippen molar-refractivity contribution in [2.24, 2.45) is 0 Å². The molecular weight excluding hydrogens is 336 g/mol. The van der Waals surface area contributed by atoms with Crippen LogP contribution in [0.1, 0.15) is 53.0 Å². The lowest BCUT2D eigenvalue weighted by Crippen LogP contribution is -2.28. The Labute approximate surface area is 160 Å². The summed E-state index contributed by atoms with van der Waals surface area (Å²) in [6.45, 7) is 8.70. The van der Waals surface area contributed by atoms with Gasteiger partial charge in [-0.15, -0.1) is 0 Å². The number of benzene rings is 1. The van der Waals surface area contributed by atoms with Crippen molar-refractivity contribution in [1.29, 1.82) is 0 Å². The number of aryl methyl sites for hydroxylation is 3. The van der Waals surface area contributed by atoms with Crippen LogP contribution in [0.5, 0.6) is 0 Å². The standard InChI is InChI=1S/C22H26N4O/c1-4-11-26-20(24-19-6-5-10-23-21(19)26)18-9-12-25(14-18)22(27)17-8-7-15(2)16(3)13-17/h5-8,10,13,18H,4,9,11-12,14H2,1-3H3/t18-/m0/s1. The van der Waals surface area contributed by atoms with Crippen molar-refractivity contribution in [3.8, 4) is 0 Å². The molecule has 3 heterocycles.